The number of amides is 2. The normalized spacial score (nSPS) is 22.4. The van der Waals surface area contributed by atoms with E-state index >= 15 is 0 Å². The predicted molar refractivity (Wildman–Crippen MR) is 118 cm³/mol. The van der Waals surface area contributed by atoms with E-state index in [0.29, 0.717) is 17.8 Å². The molecule has 2 aliphatic rings. The molecule has 4 rings (SSSR count). The summed E-state index contributed by atoms with van der Waals surface area (Å²) in [5.74, 6) is -0.771. The lowest BCUT2D eigenvalue weighted by molar-refractivity contribution is -0.127. The van der Waals surface area contributed by atoms with Crippen molar-refractivity contribution >= 4 is 40.9 Å². The smallest absolute Gasteiger partial charge is 0.337 e. The second kappa shape index (κ2) is 9.38. The molecule has 2 heterocycles. The molecule has 2 aromatic carbocycles. The molecule has 2 saturated heterocycles. The van der Waals surface area contributed by atoms with Crippen LogP contribution in [0.1, 0.15) is 10.4 Å². The van der Waals surface area contributed by atoms with Crippen LogP contribution in [0.25, 0.3) is 0 Å². The standard InChI is InChI=1S/C21H23N5O4S/c1-30-20(29)13-7-9-14(10-8-13)23-17(27)12-31-21-24-18-16(19(28)25-21)11-22-26(18)15-5-3-2-4-6-15/h2-10,16,18,21-22,24H,11-12H2,1H3,(H,23,27)(H,25,28). The number of carbonyl (C=O) groups is 3. The number of carbonyl (C=O) groups excluding carboxylic acids is 3. The molecule has 10 heteroatoms. The number of ether oxygens (including phenoxy) is 1. The van der Waals surface area contributed by atoms with Crippen molar-refractivity contribution in [3.05, 3.63) is 60.2 Å². The average molecular weight is 442 g/mol. The number of benzene rings is 2. The van der Waals surface area contributed by atoms with E-state index in [4.69, 9.17) is 0 Å². The summed E-state index contributed by atoms with van der Waals surface area (Å²) >= 11 is 1.30. The molecule has 3 atom stereocenters. The molecule has 3 unspecified atom stereocenters. The molecule has 0 spiro atoms. The molecule has 9 nitrogen and oxygen atoms in total. The van der Waals surface area contributed by atoms with E-state index in [9.17, 15) is 14.4 Å². The fourth-order valence-corrected chi connectivity index (χ4v) is 4.37. The van der Waals surface area contributed by atoms with Crippen LogP contribution in [0.2, 0.25) is 0 Å². The molecule has 2 aliphatic heterocycles. The van der Waals surface area contributed by atoms with Crippen molar-refractivity contribution in [1.82, 2.24) is 16.1 Å². The zero-order chi connectivity index (χ0) is 21.8. The molecular formula is C21H23N5O4S. The first-order valence-electron chi connectivity index (χ1n) is 9.79. The fraction of sp³-hybridized carbons (Fsp3) is 0.286. The van der Waals surface area contributed by atoms with Crippen molar-refractivity contribution in [3.63, 3.8) is 0 Å². The van der Waals surface area contributed by atoms with Gasteiger partial charge in [0, 0.05) is 12.2 Å². The Bertz CT molecular complexity index is 956. The molecule has 2 amide bonds. The minimum Gasteiger partial charge on any atom is -0.465 e. The minimum atomic E-state index is -0.434. The fourth-order valence-electron chi connectivity index (χ4n) is 3.54. The van der Waals surface area contributed by atoms with Crippen molar-refractivity contribution in [1.29, 1.82) is 0 Å². The number of hydrogen-bond acceptors (Lipinski definition) is 8. The minimum absolute atomic E-state index is 0.0500. The third-order valence-electron chi connectivity index (χ3n) is 5.08. The molecule has 2 aromatic rings. The van der Waals surface area contributed by atoms with Gasteiger partial charge >= 0.3 is 5.97 Å². The summed E-state index contributed by atoms with van der Waals surface area (Å²) in [7, 11) is 1.32. The Kier molecular flexibility index (Phi) is 6.40. The summed E-state index contributed by atoms with van der Waals surface area (Å²) in [6.45, 7) is 0.540. The van der Waals surface area contributed by atoms with E-state index in [1.54, 1.807) is 24.3 Å². The quantitative estimate of drug-likeness (QED) is 0.494. The molecule has 0 radical (unpaired) electrons. The lowest BCUT2D eigenvalue weighted by atomic mass is 10.1. The highest BCUT2D eigenvalue weighted by molar-refractivity contribution is 8.00. The van der Waals surface area contributed by atoms with Gasteiger partial charge < -0.3 is 15.4 Å². The van der Waals surface area contributed by atoms with Crippen molar-refractivity contribution in [2.75, 3.05) is 29.7 Å². The number of nitrogens with zero attached hydrogens (tertiary/aromatic N) is 1. The number of nitrogens with one attached hydrogen (secondary N) is 4. The number of hydrazine groups is 1. The maximum absolute atomic E-state index is 12.5. The molecule has 0 aliphatic carbocycles. The van der Waals surface area contributed by atoms with Crippen LogP contribution >= 0.6 is 11.8 Å². The van der Waals surface area contributed by atoms with Gasteiger partial charge in [0.2, 0.25) is 11.8 Å². The predicted octanol–water partition coefficient (Wildman–Crippen LogP) is 1.11. The van der Waals surface area contributed by atoms with Gasteiger partial charge in [-0.25, -0.2) is 10.2 Å². The van der Waals surface area contributed by atoms with Gasteiger partial charge in [0.25, 0.3) is 0 Å². The number of anilines is 2. The number of rotatable bonds is 6. The molecular weight excluding hydrogens is 418 g/mol. The number of fused-ring (bicyclic) bond motifs is 1. The number of methoxy groups -OCH3 is 1. The Morgan fingerprint density at radius 1 is 1.16 bits per heavy atom. The Morgan fingerprint density at radius 2 is 1.90 bits per heavy atom. The van der Waals surface area contributed by atoms with E-state index < -0.39 is 11.5 Å². The number of esters is 1. The first-order valence-corrected chi connectivity index (χ1v) is 10.8. The largest absolute Gasteiger partial charge is 0.465 e. The summed E-state index contributed by atoms with van der Waals surface area (Å²) in [5.41, 5.74) is 4.83. The first-order chi connectivity index (χ1) is 15.0. The number of hydrogen-bond donors (Lipinski definition) is 4. The Morgan fingerprint density at radius 3 is 2.61 bits per heavy atom. The van der Waals surface area contributed by atoms with Crippen molar-refractivity contribution in [2.45, 2.75) is 11.7 Å². The second-order valence-corrected chi connectivity index (χ2v) is 8.20. The Labute approximate surface area is 183 Å². The van der Waals surface area contributed by atoms with Crippen LogP contribution in [0, 0.1) is 5.92 Å². The highest BCUT2D eigenvalue weighted by Crippen LogP contribution is 2.26. The summed E-state index contributed by atoms with van der Waals surface area (Å²) in [6, 6.07) is 16.2. The Balaban J connectivity index is 1.32. The summed E-state index contributed by atoms with van der Waals surface area (Å²) in [5, 5.41) is 11.1. The lowest BCUT2D eigenvalue weighted by Gasteiger charge is -2.37. The summed E-state index contributed by atoms with van der Waals surface area (Å²) < 4.78 is 4.66. The zero-order valence-electron chi connectivity index (χ0n) is 16.8. The summed E-state index contributed by atoms with van der Waals surface area (Å²) in [6.07, 6.45) is -0.206. The van der Waals surface area contributed by atoms with Crippen LogP contribution in [0.15, 0.2) is 54.6 Å². The number of thioether (sulfide) groups is 1. The highest BCUT2D eigenvalue weighted by atomic mass is 32.2. The maximum atomic E-state index is 12.5. The van der Waals surface area contributed by atoms with E-state index in [0.717, 1.165) is 5.69 Å². The third-order valence-corrected chi connectivity index (χ3v) is 6.09. The molecule has 2 fully saturated rings. The monoisotopic (exact) mass is 441 g/mol. The maximum Gasteiger partial charge on any atom is 0.337 e. The zero-order valence-corrected chi connectivity index (χ0v) is 17.6. The van der Waals surface area contributed by atoms with Gasteiger partial charge in [-0.05, 0) is 36.4 Å². The van der Waals surface area contributed by atoms with Crippen molar-refractivity contribution in [2.24, 2.45) is 5.92 Å². The van der Waals surface area contributed by atoms with E-state index in [1.165, 1.54) is 18.9 Å². The van der Waals surface area contributed by atoms with Crippen LogP contribution in [-0.2, 0) is 14.3 Å². The van der Waals surface area contributed by atoms with E-state index in [-0.39, 0.29) is 29.7 Å². The van der Waals surface area contributed by atoms with Gasteiger partial charge in [0.05, 0.1) is 30.0 Å². The SMILES string of the molecule is COC(=O)c1ccc(NC(=O)CSC2NC(=O)C3CNN(c4ccccc4)C3N2)cc1. The molecule has 0 bridgehead atoms. The molecule has 0 aromatic heterocycles. The van der Waals surface area contributed by atoms with Gasteiger partial charge in [0.1, 0.15) is 11.7 Å². The topological polar surface area (TPSA) is 112 Å². The highest BCUT2D eigenvalue weighted by Gasteiger charge is 2.44. The number of para-hydroxylation sites is 1. The van der Waals surface area contributed by atoms with Gasteiger partial charge in [-0.2, -0.15) is 0 Å². The van der Waals surface area contributed by atoms with Crippen LogP contribution in [0.3, 0.4) is 0 Å². The van der Waals surface area contributed by atoms with Crippen LogP contribution < -0.4 is 26.4 Å². The lowest BCUT2D eigenvalue weighted by Crippen LogP contribution is -2.63. The van der Waals surface area contributed by atoms with Crippen LogP contribution in [0.5, 0.6) is 0 Å². The van der Waals surface area contributed by atoms with Gasteiger partial charge in [-0.3, -0.25) is 19.9 Å². The molecule has 4 N–H and O–H groups in total. The van der Waals surface area contributed by atoms with Crippen molar-refractivity contribution < 1.29 is 19.1 Å². The summed E-state index contributed by atoms with van der Waals surface area (Å²) in [4.78, 5) is 36.4. The van der Waals surface area contributed by atoms with E-state index in [1.807, 2.05) is 35.3 Å². The van der Waals surface area contributed by atoms with Crippen LogP contribution in [0.4, 0.5) is 11.4 Å². The van der Waals surface area contributed by atoms with Gasteiger partial charge in [-0.15, -0.1) is 11.8 Å². The Hall–Kier alpha value is -3.08. The molecule has 162 valence electrons. The molecule has 0 saturated carbocycles. The van der Waals surface area contributed by atoms with E-state index in [2.05, 4.69) is 26.1 Å². The van der Waals surface area contributed by atoms with Crippen molar-refractivity contribution in [3.8, 4) is 0 Å². The van der Waals surface area contributed by atoms with Crippen LogP contribution in [-0.4, -0.2) is 48.9 Å². The first kappa shape index (κ1) is 21.2. The third kappa shape index (κ3) is 4.82. The average Bonchev–Trinajstić information content (AvgIpc) is 3.23. The van der Waals surface area contributed by atoms with Gasteiger partial charge in [-0.1, -0.05) is 18.2 Å². The second-order valence-electron chi connectivity index (χ2n) is 7.10. The van der Waals surface area contributed by atoms with Gasteiger partial charge in [0.15, 0.2) is 0 Å². The molecule has 31 heavy (non-hydrogen) atoms.